The number of hydrogen-bond donors (Lipinski definition) is 1. The Hall–Kier alpha value is 0.137. The van der Waals surface area contributed by atoms with Crippen LogP contribution in [-0.2, 0) is 0 Å². The maximum atomic E-state index is 3.62. The molecule has 0 aromatic rings. The molecule has 1 atom stereocenters. The molecule has 0 radical (unpaired) electrons. The number of nitrogens with one attached hydrogen (secondary N) is 1. The van der Waals surface area contributed by atoms with Crippen molar-refractivity contribution in [3.63, 3.8) is 0 Å². The fraction of sp³-hybridized carbons (Fsp3) is 1.00. The van der Waals surface area contributed by atoms with Crippen LogP contribution in [-0.4, -0.2) is 33.6 Å². The zero-order valence-electron chi connectivity index (χ0n) is 8.73. The van der Waals surface area contributed by atoms with E-state index in [4.69, 9.17) is 0 Å². The molecular weight excluding hydrogens is 152 g/mol. The van der Waals surface area contributed by atoms with Crippen LogP contribution < -0.4 is 4.98 Å². The molecule has 1 unspecified atom stereocenters. The molecule has 0 aromatic heterocycles. The summed E-state index contributed by atoms with van der Waals surface area (Å²) in [5.41, 5.74) is 0.762. The molecule has 2 nitrogen and oxygen atoms in total. The Morgan fingerprint density at radius 3 is 1.91 bits per heavy atom. The zero-order valence-corrected chi connectivity index (χ0v) is 9.73. The second-order valence-corrected chi connectivity index (χ2v) is 8.42. The predicted octanol–water partition coefficient (Wildman–Crippen LogP) is 1.64. The summed E-state index contributed by atoms with van der Waals surface area (Å²) in [5, 5.41) is 0. The summed E-state index contributed by atoms with van der Waals surface area (Å²) in [6.07, 6.45) is 0. The SMILES string of the molecule is CCN[Si](C)(C(C)C)N(C)C. The molecule has 68 valence electrons. The molecule has 0 heterocycles. The third-order valence-corrected chi connectivity index (χ3v) is 7.76. The quantitative estimate of drug-likeness (QED) is 0.652. The van der Waals surface area contributed by atoms with Gasteiger partial charge in [0.25, 0.3) is 0 Å². The van der Waals surface area contributed by atoms with Crippen molar-refractivity contribution >= 4 is 8.40 Å². The van der Waals surface area contributed by atoms with Crippen LogP contribution >= 0.6 is 0 Å². The van der Waals surface area contributed by atoms with E-state index >= 15 is 0 Å². The van der Waals surface area contributed by atoms with Gasteiger partial charge in [-0.25, -0.2) is 0 Å². The molecule has 0 aliphatic heterocycles. The van der Waals surface area contributed by atoms with Crippen LogP contribution in [0.15, 0.2) is 0 Å². The highest BCUT2D eigenvalue weighted by molar-refractivity contribution is 6.74. The van der Waals surface area contributed by atoms with Crippen molar-refractivity contribution in [1.82, 2.24) is 9.55 Å². The van der Waals surface area contributed by atoms with E-state index in [1.807, 2.05) is 0 Å². The fourth-order valence-electron chi connectivity index (χ4n) is 1.24. The van der Waals surface area contributed by atoms with Crippen LogP contribution in [0.2, 0.25) is 12.1 Å². The average molecular weight is 174 g/mol. The summed E-state index contributed by atoms with van der Waals surface area (Å²) in [6.45, 7) is 10.2. The van der Waals surface area contributed by atoms with Crippen LogP contribution in [0, 0.1) is 0 Å². The Labute approximate surface area is 72.1 Å². The molecular formula is C8H22N2Si. The molecule has 0 rings (SSSR count). The zero-order chi connectivity index (χ0) is 9.07. The van der Waals surface area contributed by atoms with Crippen molar-refractivity contribution in [3.05, 3.63) is 0 Å². The van der Waals surface area contributed by atoms with Crippen molar-refractivity contribution in [3.8, 4) is 0 Å². The Morgan fingerprint density at radius 1 is 1.36 bits per heavy atom. The minimum Gasteiger partial charge on any atom is -0.325 e. The first-order valence-electron chi connectivity index (χ1n) is 4.37. The fourth-order valence-corrected chi connectivity index (χ4v) is 3.71. The molecule has 0 fully saturated rings. The van der Waals surface area contributed by atoms with Gasteiger partial charge >= 0.3 is 0 Å². The molecule has 0 spiro atoms. The molecule has 0 saturated heterocycles. The van der Waals surface area contributed by atoms with Crippen LogP contribution in [0.3, 0.4) is 0 Å². The molecule has 3 heteroatoms. The Kier molecular flexibility index (Phi) is 4.29. The summed E-state index contributed by atoms with van der Waals surface area (Å²) in [5.74, 6) is 0. The lowest BCUT2D eigenvalue weighted by molar-refractivity contribution is 0.568. The molecule has 0 saturated carbocycles. The van der Waals surface area contributed by atoms with Crippen molar-refractivity contribution in [2.45, 2.75) is 32.9 Å². The first kappa shape index (κ1) is 11.1. The van der Waals surface area contributed by atoms with Crippen molar-refractivity contribution in [2.24, 2.45) is 0 Å². The van der Waals surface area contributed by atoms with Gasteiger partial charge in [0.2, 0.25) is 8.40 Å². The topological polar surface area (TPSA) is 15.3 Å². The molecule has 0 aromatic carbocycles. The average Bonchev–Trinajstić information content (AvgIpc) is 1.87. The van der Waals surface area contributed by atoms with Gasteiger partial charge in [-0.2, -0.15) is 0 Å². The monoisotopic (exact) mass is 174 g/mol. The number of rotatable bonds is 4. The van der Waals surface area contributed by atoms with E-state index in [9.17, 15) is 0 Å². The Balaban J connectivity index is 4.26. The first-order valence-corrected chi connectivity index (χ1v) is 6.90. The van der Waals surface area contributed by atoms with E-state index in [-0.39, 0.29) is 0 Å². The highest BCUT2D eigenvalue weighted by Crippen LogP contribution is 2.18. The van der Waals surface area contributed by atoms with Crippen molar-refractivity contribution in [2.75, 3.05) is 20.6 Å². The Bertz CT molecular complexity index is 105. The van der Waals surface area contributed by atoms with Gasteiger partial charge < -0.3 is 9.55 Å². The second kappa shape index (κ2) is 4.23. The van der Waals surface area contributed by atoms with Gasteiger partial charge in [-0.1, -0.05) is 20.8 Å². The van der Waals surface area contributed by atoms with E-state index in [0.29, 0.717) is 0 Å². The highest BCUT2D eigenvalue weighted by atomic mass is 28.3. The van der Waals surface area contributed by atoms with Gasteiger partial charge in [-0.15, -0.1) is 0 Å². The lowest BCUT2D eigenvalue weighted by Crippen LogP contribution is -2.61. The van der Waals surface area contributed by atoms with Gasteiger partial charge in [0.1, 0.15) is 0 Å². The van der Waals surface area contributed by atoms with Crippen LogP contribution in [0.25, 0.3) is 0 Å². The lowest BCUT2D eigenvalue weighted by Gasteiger charge is -2.38. The first-order chi connectivity index (χ1) is 4.95. The summed E-state index contributed by atoms with van der Waals surface area (Å²) in [4.78, 5) is 3.62. The summed E-state index contributed by atoms with van der Waals surface area (Å²) in [6, 6.07) is 0. The molecule has 1 N–H and O–H groups in total. The summed E-state index contributed by atoms with van der Waals surface area (Å²) < 4.78 is 2.38. The molecule has 0 aliphatic carbocycles. The summed E-state index contributed by atoms with van der Waals surface area (Å²) >= 11 is 0. The van der Waals surface area contributed by atoms with E-state index in [0.717, 1.165) is 12.1 Å². The van der Waals surface area contributed by atoms with Crippen molar-refractivity contribution < 1.29 is 0 Å². The molecule has 11 heavy (non-hydrogen) atoms. The van der Waals surface area contributed by atoms with Gasteiger partial charge in [-0.3, -0.25) is 0 Å². The van der Waals surface area contributed by atoms with E-state index in [1.165, 1.54) is 0 Å². The van der Waals surface area contributed by atoms with Gasteiger partial charge in [0, 0.05) is 0 Å². The lowest BCUT2D eigenvalue weighted by atomic mass is 10.6. The number of nitrogens with zero attached hydrogens (tertiary/aromatic N) is 1. The van der Waals surface area contributed by atoms with Crippen LogP contribution in [0.4, 0.5) is 0 Å². The standard InChI is InChI=1S/C8H22N2Si/c1-7-9-11(6,8(2)3)10(4)5/h8-9H,7H2,1-6H3. The molecule has 0 aliphatic rings. The summed E-state index contributed by atoms with van der Waals surface area (Å²) in [7, 11) is 3.03. The normalized spacial score (nSPS) is 17.5. The van der Waals surface area contributed by atoms with Crippen molar-refractivity contribution in [1.29, 1.82) is 0 Å². The number of hydrogen-bond acceptors (Lipinski definition) is 2. The maximum absolute atomic E-state index is 3.62. The van der Waals surface area contributed by atoms with Gasteiger partial charge in [-0.05, 0) is 32.7 Å². The van der Waals surface area contributed by atoms with E-state index < -0.39 is 8.40 Å². The minimum atomic E-state index is -1.32. The third kappa shape index (κ3) is 2.58. The largest absolute Gasteiger partial charge is 0.325 e. The molecule has 0 bridgehead atoms. The predicted molar refractivity (Wildman–Crippen MR) is 54.1 cm³/mol. The second-order valence-electron chi connectivity index (χ2n) is 3.73. The minimum absolute atomic E-state index is 0.762. The highest BCUT2D eigenvalue weighted by Gasteiger charge is 2.33. The van der Waals surface area contributed by atoms with E-state index in [2.05, 4.69) is 51.0 Å². The van der Waals surface area contributed by atoms with Crippen LogP contribution in [0.5, 0.6) is 0 Å². The van der Waals surface area contributed by atoms with Crippen LogP contribution in [0.1, 0.15) is 20.8 Å². The van der Waals surface area contributed by atoms with Gasteiger partial charge in [0.05, 0.1) is 0 Å². The third-order valence-electron chi connectivity index (χ3n) is 2.59. The van der Waals surface area contributed by atoms with Gasteiger partial charge in [0.15, 0.2) is 0 Å². The molecule has 0 amide bonds. The maximum Gasteiger partial charge on any atom is 0.203 e. The van der Waals surface area contributed by atoms with E-state index in [1.54, 1.807) is 0 Å². The smallest absolute Gasteiger partial charge is 0.203 e. The Morgan fingerprint density at radius 2 is 1.82 bits per heavy atom.